The topological polar surface area (TPSA) is 72.8 Å². The number of unbranched alkanes of at least 4 members (excludes halogenated alkanes) is 11. The van der Waals surface area contributed by atoms with Crippen molar-refractivity contribution >= 4 is 11.9 Å². The zero-order chi connectivity index (χ0) is 43.5. The molecule has 0 aliphatic heterocycles. The molecular weight excluding hydrogens is 741 g/mol. The van der Waals surface area contributed by atoms with Gasteiger partial charge in [-0.1, -0.05) is 186 Å². The van der Waals surface area contributed by atoms with Crippen molar-refractivity contribution in [3.05, 3.63) is 134 Å². The van der Waals surface area contributed by atoms with E-state index < -0.39 is 6.10 Å². The van der Waals surface area contributed by atoms with E-state index in [9.17, 15) is 14.7 Å². The van der Waals surface area contributed by atoms with Crippen molar-refractivity contribution in [2.24, 2.45) is 0 Å². The number of carbonyl (C=O) groups excluding carboxylic acids is 2. The molecule has 5 heteroatoms. The van der Waals surface area contributed by atoms with Crippen LogP contribution in [0.15, 0.2) is 134 Å². The fourth-order valence-corrected chi connectivity index (χ4v) is 5.87. The number of carbonyl (C=O) groups is 2. The number of hydrogen-bond acceptors (Lipinski definition) is 5. The third kappa shape index (κ3) is 46.7. The minimum atomic E-state index is -0.807. The van der Waals surface area contributed by atoms with E-state index in [1.807, 2.05) is 0 Å². The standard InChI is InChI=1S/C55H86O5/c1-3-5-7-9-11-13-15-17-18-19-20-21-22-23-24-25-26-27-28-29-30-31-32-33-34-35-36-38-40-42-44-46-48-50-55(58)60-53(51-56)52-59-54(57)49-47-45-43-41-39-37-16-14-12-10-8-6-4-2/h5,7,11,13-14,16-18,20-21,23-24,26-27,29-30,32-33,35-36,40,42,53,56H,3-4,6,8-10,12,15,19,22,25,28,31,34,37-39,41,43-52H2,1-2H3/b7-5-,13-11-,16-14-,18-17-,21-20-,24-23-,27-26-,30-29-,33-32-,36-35-,42-40-. The van der Waals surface area contributed by atoms with Crippen molar-refractivity contribution in [2.45, 2.75) is 187 Å². The molecule has 0 radical (unpaired) electrons. The van der Waals surface area contributed by atoms with Gasteiger partial charge in [0.25, 0.3) is 0 Å². The van der Waals surface area contributed by atoms with Crippen LogP contribution >= 0.6 is 0 Å². The van der Waals surface area contributed by atoms with Crippen LogP contribution in [0.25, 0.3) is 0 Å². The zero-order valence-electron chi connectivity index (χ0n) is 38.2. The Balaban J connectivity index is 3.73. The van der Waals surface area contributed by atoms with Gasteiger partial charge in [0, 0.05) is 12.8 Å². The van der Waals surface area contributed by atoms with Crippen LogP contribution in [-0.2, 0) is 19.1 Å². The number of ether oxygens (including phenoxy) is 2. The second-order valence-electron chi connectivity index (χ2n) is 15.1. The summed E-state index contributed by atoms with van der Waals surface area (Å²) in [6.45, 7) is 3.94. The van der Waals surface area contributed by atoms with E-state index in [4.69, 9.17) is 9.47 Å². The average Bonchev–Trinajstić information content (AvgIpc) is 3.25. The van der Waals surface area contributed by atoms with Gasteiger partial charge in [0.15, 0.2) is 6.10 Å². The molecule has 5 nitrogen and oxygen atoms in total. The molecule has 336 valence electrons. The molecule has 0 aromatic heterocycles. The molecule has 0 aromatic carbocycles. The minimum Gasteiger partial charge on any atom is -0.462 e. The molecule has 0 fully saturated rings. The number of rotatable bonds is 41. The molecule has 0 bridgehead atoms. The Morgan fingerprint density at radius 3 is 1.13 bits per heavy atom. The second-order valence-corrected chi connectivity index (χ2v) is 15.1. The van der Waals surface area contributed by atoms with Crippen molar-refractivity contribution in [2.75, 3.05) is 13.2 Å². The first-order chi connectivity index (χ1) is 29.6. The molecule has 0 spiro atoms. The maximum absolute atomic E-state index is 12.2. The quantitative estimate of drug-likeness (QED) is 0.0378. The Labute approximate surface area is 368 Å². The average molecular weight is 827 g/mol. The fourth-order valence-electron chi connectivity index (χ4n) is 5.87. The van der Waals surface area contributed by atoms with E-state index in [-0.39, 0.29) is 31.6 Å². The highest BCUT2D eigenvalue weighted by molar-refractivity contribution is 5.70. The summed E-state index contributed by atoms with van der Waals surface area (Å²) in [5, 5.41) is 9.58. The number of aliphatic hydroxyl groups excluding tert-OH is 1. The van der Waals surface area contributed by atoms with Crippen LogP contribution in [0.5, 0.6) is 0 Å². The van der Waals surface area contributed by atoms with E-state index in [0.29, 0.717) is 12.8 Å². The highest BCUT2D eigenvalue weighted by atomic mass is 16.6. The van der Waals surface area contributed by atoms with Crippen molar-refractivity contribution in [1.29, 1.82) is 0 Å². The number of esters is 2. The molecule has 0 saturated carbocycles. The molecule has 60 heavy (non-hydrogen) atoms. The summed E-state index contributed by atoms with van der Waals surface area (Å²) in [6, 6.07) is 0. The van der Waals surface area contributed by atoms with E-state index in [2.05, 4.69) is 148 Å². The number of aliphatic hydroxyl groups is 1. The number of allylic oxidation sites excluding steroid dienone is 22. The molecule has 0 rings (SSSR count). The first-order valence-corrected chi connectivity index (χ1v) is 23.7. The minimum absolute atomic E-state index is 0.0966. The second kappa shape index (κ2) is 49.4. The van der Waals surface area contributed by atoms with Gasteiger partial charge in [-0.15, -0.1) is 0 Å². The van der Waals surface area contributed by atoms with Gasteiger partial charge in [0.2, 0.25) is 0 Å². The van der Waals surface area contributed by atoms with Gasteiger partial charge in [-0.25, -0.2) is 0 Å². The lowest BCUT2D eigenvalue weighted by atomic mass is 10.1. The van der Waals surface area contributed by atoms with E-state index in [1.54, 1.807) is 0 Å². The fraction of sp³-hybridized carbons (Fsp3) is 0.564. The molecule has 0 amide bonds. The first kappa shape index (κ1) is 56.0. The van der Waals surface area contributed by atoms with Crippen LogP contribution in [0, 0.1) is 0 Å². The Kier molecular flexibility index (Phi) is 46.1. The molecule has 0 aliphatic carbocycles. The van der Waals surface area contributed by atoms with Crippen molar-refractivity contribution in [1.82, 2.24) is 0 Å². The lowest BCUT2D eigenvalue weighted by Crippen LogP contribution is -2.28. The summed E-state index contributed by atoms with van der Waals surface area (Å²) in [7, 11) is 0. The van der Waals surface area contributed by atoms with Gasteiger partial charge in [-0.05, 0) is 116 Å². The molecule has 0 aromatic rings. The van der Waals surface area contributed by atoms with Gasteiger partial charge < -0.3 is 14.6 Å². The van der Waals surface area contributed by atoms with E-state index in [0.717, 1.165) is 103 Å². The third-order valence-electron chi connectivity index (χ3n) is 9.43. The Bertz CT molecular complexity index is 1300. The SMILES string of the molecule is CC/C=C\C/C=C\C/C=C\C/C=C\C/C=C\C/C=C\C/C=C\C/C=C\C/C=C\C/C=C\CCCCC(=O)OC(CO)COC(=O)CCCCCCC/C=C\CCCCCC. The normalized spacial score (nSPS) is 13.4. The molecule has 0 saturated heterocycles. The highest BCUT2D eigenvalue weighted by Gasteiger charge is 2.16. The predicted molar refractivity (Wildman–Crippen MR) is 260 cm³/mol. The van der Waals surface area contributed by atoms with Crippen molar-refractivity contribution in [3.63, 3.8) is 0 Å². The molecule has 1 unspecified atom stereocenters. The smallest absolute Gasteiger partial charge is 0.306 e. The summed E-state index contributed by atoms with van der Waals surface area (Å²) >= 11 is 0. The molecular formula is C55H86O5. The summed E-state index contributed by atoms with van der Waals surface area (Å²) < 4.78 is 10.6. The van der Waals surface area contributed by atoms with Gasteiger partial charge >= 0.3 is 11.9 Å². The van der Waals surface area contributed by atoms with Gasteiger partial charge in [0.1, 0.15) is 6.61 Å². The first-order valence-electron chi connectivity index (χ1n) is 23.7. The summed E-state index contributed by atoms with van der Waals surface area (Å²) in [6.07, 6.45) is 73.9. The van der Waals surface area contributed by atoms with Crippen LogP contribution in [0.3, 0.4) is 0 Å². The van der Waals surface area contributed by atoms with E-state index in [1.165, 1.54) is 44.9 Å². The van der Waals surface area contributed by atoms with Crippen LogP contribution < -0.4 is 0 Å². The van der Waals surface area contributed by atoms with Crippen LogP contribution in [0.2, 0.25) is 0 Å². The third-order valence-corrected chi connectivity index (χ3v) is 9.43. The molecule has 1 atom stereocenters. The summed E-state index contributed by atoms with van der Waals surface area (Å²) in [4.78, 5) is 24.3. The largest absolute Gasteiger partial charge is 0.462 e. The van der Waals surface area contributed by atoms with Gasteiger partial charge in [0.05, 0.1) is 6.61 Å². The van der Waals surface area contributed by atoms with E-state index >= 15 is 0 Å². The maximum atomic E-state index is 12.2. The number of hydrogen-bond donors (Lipinski definition) is 1. The van der Waals surface area contributed by atoms with Crippen LogP contribution in [-0.4, -0.2) is 36.4 Å². The monoisotopic (exact) mass is 827 g/mol. The predicted octanol–water partition coefficient (Wildman–Crippen LogP) is 15.7. The van der Waals surface area contributed by atoms with Gasteiger partial charge in [-0.2, -0.15) is 0 Å². The summed E-state index contributed by atoms with van der Waals surface area (Å²) in [5.74, 6) is -0.665. The lowest BCUT2D eigenvalue weighted by Gasteiger charge is -2.15. The maximum Gasteiger partial charge on any atom is 0.306 e. The van der Waals surface area contributed by atoms with Crippen molar-refractivity contribution in [3.8, 4) is 0 Å². The summed E-state index contributed by atoms with van der Waals surface area (Å²) in [5.41, 5.74) is 0. The van der Waals surface area contributed by atoms with Crippen molar-refractivity contribution < 1.29 is 24.2 Å². The van der Waals surface area contributed by atoms with Gasteiger partial charge in [-0.3, -0.25) is 9.59 Å². The molecule has 0 aliphatic rings. The molecule has 0 heterocycles. The Morgan fingerprint density at radius 1 is 0.400 bits per heavy atom. The Hall–Kier alpha value is -3.96. The van der Waals surface area contributed by atoms with Crippen LogP contribution in [0.4, 0.5) is 0 Å². The lowest BCUT2D eigenvalue weighted by molar-refractivity contribution is -0.161. The zero-order valence-corrected chi connectivity index (χ0v) is 38.2. The Morgan fingerprint density at radius 2 is 0.717 bits per heavy atom. The molecule has 1 N–H and O–H groups in total. The highest BCUT2D eigenvalue weighted by Crippen LogP contribution is 2.11. The van der Waals surface area contributed by atoms with Crippen LogP contribution in [0.1, 0.15) is 181 Å².